The molecule has 0 bridgehead atoms. The third kappa shape index (κ3) is 3.10. The summed E-state index contributed by atoms with van der Waals surface area (Å²) in [6.07, 6.45) is 5.66. The Kier molecular flexibility index (Phi) is 4.25. The molecule has 0 saturated carbocycles. The Morgan fingerprint density at radius 3 is 2.95 bits per heavy atom. The normalized spacial score (nSPS) is 17.5. The molecule has 1 unspecified atom stereocenters. The third-order valence-corrected chi connectivity index (χ3v) is 4.41. The van der Waals surface area contributed by atoms with Gasteiger partial charge in [-0.2, -0.15) is 5.10 Å². The van der Waals surface area contributed by atoms with Gasteiger partial charge in [-0.25, -0.2) is 0 Å². The van der Waals surface area contributed by atoms with Gasteiger partial charge in [0, 0.05) is 50.2 Å². The molecule has 1 heterocycles. The maximum Gasteiger partial charge on any atom is 0.0540 e. The predicted molar refractivity (Wildman–Crippen MR) is 86.6 cm³/mol. The molecule has 2 aromatic rings. The Bertz CT molecular complexity index is 576. The van der Waals surface area contributed by atoms with Crippen molar-refractivity contribution in [1.29, 1.82) is 0 Å². The van der Waals surface area contributed by atoms with Gasteiger partial charge in [0.2, 0.25) is 0 Å². The number of benzene rings is 1. The molecule has 1 aliphatic rings. The number of para-hydroxylation sites is 1. The second-order valence-corrected chi connectivity index (χ2v) is 5.83. The summed E-state index contributed by atoms with van der Waals surface area (Å²) in [5, 5.41) is 8.10. The van der Waals surface area contributed by atoms with Crippen molar-refractivity contribution in [3.63, 3.8) is 0 Å². The Labute approximate surface area is 126 Å². The minimum Gasteiger partial charge on any atom is -0.373 e. The number of anilines is 1. The van der Waals surface area contributed by atoms with Crippen LogP contribution in [0.2, 0.25) is 0 Å². The minimum atomic E-state index is 0.464. The number of aromatic nitrogens is 2. The van der Waals surface area contributed by atoms with Crippen LogP contribution in [0, 0.1) is 0 Å². The summed E-state index contributed by atoms with van der Waals surface area (Å²) in [6.45, 7) is 2.00. The molecule has 0 fully saturated rings. The molecule has 0 saturated heterocycles. The molecule has 112 valence electrons. The fourth-order valence-electron chi connectivity index (χ4n) is 3.14. The van der Waals surface area contributed by atoms with Crippen LogP contribution in [-0.2, 0) is 13.5 Å². The SMILES string of the molecule is CN(CCNC1CCCc2c1cnn2C)c1ccccc1. The summed E-state index contributed by atoms with van der Waals surface area (Å²) < 4.78 is 2.03. The molecule has 1 N–H and O–H groups in total. The van der Waals surface area contributed by atoms with Crippen LogP contribution < -0.4 is 10.2 Å². The molecular formula is C17H24N4. The van der Waals surface area contributed by atoms with E-state index in [9.17, 15) is 0 Å². The zero-order valence-corrected chi connectivity index (χ0v) is 12.9. The monoisotopic (exact) mass is 284 g/mol. The number of fused-ring (bicyclic) bond motifs is 1. The lowest BCUT2D eigenvalue weighted by atomic mass is 9.93. The summed E-state index contributed by atoms with van der Waals surface area (Å²) in [4.78, 5) is 2.29. The smallest absolute Gasteiger partial charge is 0.0540 e. The lowest BCUT2D eigenvalue weighted by Gasteiger charge is -2.26. The highest BCUT2D eigenvalue weighted by atomic mass is 15.3. The predicted octanol–water partition coefficient (Wildman–Crippen LogP) is 2.52. The molecule has 21 heavy (non-hydrogen) atoms. The van der Waals surface area contributed by atoms with Crippen molar-refractivity contribution in [3.05, 3.63) is 47.8 Å². The first-order chi connectivity index (χ1) is 10.3. The van der Waals surface area contributed by atoms with Crippen molar-refractivity contribution < 1.29 is 0 Å². The number of nitrogens with zero attached hydrogens (tertiary/aromatic N) is 3. The highest BCUT2D eigenvalue weighted by molar-refractivity contribution is 5.44. The fraction of sp³-hybridized carbons (Fsp3) is 0.471. The first-order valence-corrected chi connectivity index (χ1v) is 7.76. The van der Waals surface area contributed by atoms with Crippen LogP contribution >= 0.6 is 0 Å². The van der Waals surface area contributed by atoms with Gasteiger partial charge in [0.1, 0.15) is 0 Å². The van der Waals surface area contributed by atoms with Crippen molar-refractivity contribution in [1.82, 2.24) is 15.1 Å². The lowest BCUT2D eigenvalue weighted by molar-refractivity contribution is 0.456. The highest BCUT2D eigenvalue weighted by Crippen LogP contribution is 2.28. The van der Waals surface area contributed by atoms with Crippen LogP contribution in [0.1, 0.15) is 30.1 Å². The Hall–Kier alpha value is -1.81. The largest absolute Gasteiger partial charge is 0.373 e. The van der Waals surface area contributed by atoms with Gasteiger partial charge in [0.15, 0.2) is 0 Å². The van der Waals surface area contributed by atoms with Gasteiger partial charge < -0.3 is 10.2 Å². The van der Waals surface area contributed by atoms with Gasteiger partial charge in [-0.15, -0.1) is 0 Å². The molecule has 4 heteroatoms. The molecule has 1 aromatic heterocycles. The van der Waals surface area contributed by atoms with Crippen molar-refractivity contribution >= 4 is 5.69 Å². The van der Waals surface area contributed by atoms with Gasteiger partial charge in [-0.1, -0.05) is 18.2 Å². The lowest BCUT2D eigenvalue weighted by Crippen LogP contribution is -2.33. The maximum atomic E-state index is 4.41. The van der Waals surface area contributed by atoms with Crippen LogP contribution in [0.25, 0.3) is 0 Å². The first kappa shape index (κ1) is 14.1. The second-order valence-electron chi connectivity index (χ2n) is 5.83. The van der Waals surface area contributed by atoms with E-state index in [2.05, 4.69) is 52.7 Å². The molecule has 3 rings (SSSR count). The maximum absolute atomic E-state index is 4.41. The molecule has 1 atom stereocenters. The van der Waals surface area contributed by atoms with Crippen molar-refractivity contribution in [2.24, 2.45) is 7.05 Å². The molecular weight excluding hydrogens is 260 g/mol. The van der Waals surface area contributed by atoms with Crippen molar-refractivity contribution in [3.8, 4) is 0 Å². The summed E-state index contributed by atoms with van der Waals surface area (Å²) in [5.74, 6) is 0. The van der Waals surface area contributed by atoms with Crippen molar-refractivity contribution in [2.45, 2.75) is 25.3 Å². The van der Waals surface area contributed by atoms with Gasteiger partial charge in [0.25, 0.3) is 0 Å². The number of rotatable bonds is 5. The summed E-state index contributed by atoms with van der Waals surface area (Å²) >= 11 is 0. The van der Waals surface area contributed by atoms with Crippen LogP contribution in [0.4, 0.5) is 5.69 Å². The van der Waals surface area contributed by atoms with E-state index in [4.69, 9.17) is 0 Å². The zero-order valence-electron chi connectivity index (χ0n) is 12.9. The molecule has 0 radical (unpaired) electrons. The van der Waals surface area contributed by atoms with Crippen LogP contribution in [0.3, 0.4) is 0 Å². The van der Waals surface area contributed by atoms with Gasteiger partial charge in [0.05, 0.1) is 6.20 Å². The van der Waals surface area contributed by atoms with E-state index in [-0.39, 0.29) is 0 Å². The van der Waals surface area contributed by atoms with E-state index >= 15 is 0 Å². The highest BCUT2D eigenvalue weighted by Gasteiger charge is 2.22. The molecule has 1 aromatic carbocycles. The molecule has 0 spiro atoms. The zero-order chi connectivity index (χ0) is 14.7. The van der Waals surface area contributed by atoms with E-state index in [0.29, 0.717) is 6.04 Å². The van der Waals surface area contributed by atoms with Crippen molar-refractivity contribution in [2.75, 3.05) is 25.0 Å². The Morgan fingerprint density at radius 1 is 1.33 bits per heavy atom. The number of nitrogens with one attached hydrogen (secondary N) is 1. The number of likely N-dealkylation sites (N-methyl/N-ethyl adjacent to an activating group) is 1. The van der Waals surface area contributed by atoms with Gasteiger partial charge in [-0.3, -0.25) is 4.68 Å². The summed E-state index contributed by atoms with van der Waals surface area (Å²) in [6, 6.07) is 11.0. The fourth-order valence-corrected chi connectivity index (χ4v) is 3.14. The molecule has 0 amide bonds. The molecule has 4 nitrogen and oxygen atoms in total. The Balaban J connectivity index is 1.55. The number of hydrogen-bond donors (Lipinski definition) is 1. The van der Waals surface area contributed by atoms with Crippen LogP contribution in [0.15, 0.2) is 36.5 Å². The number of aryl methyl sites for hydroxylation is 1. The minimum absolute atomic E-state index is 0.464. The van der Waals surface area contributed by atoms with Gasteiger partial charge in [-0.05, 0) is 31.4 Å². The van der Waals surface area contributed by atoms with Crippen LogP contribution in [-0.4, -0.2) is 29.9 Å². The van der Waals surface area contributed by atoms with E-state index in [1.54, 1.807) is 0 Å². The quantitative estimate of drug-likeness (QED) is 0.916. The van der Waals surface area contributed by atoms with E-state index in [1.165, 1.54) is 29.8 Å². The van der Waals surface area contributed by atoms with E-state index in [0.717, 1.165) is 19.5 Å². The first-order valence-electron chi connectivity index (χ1n) is 7.76. The average Bonchev–Trinajstić information content (AvgIpc) is 2.91. The second kappa shape index (κ2) is 6.31. The summed E-state index contributed by atoms with van der Waals surface area (Å²) in [7, 11) is 4.19. The summed E-state index contributed by atoms with van der Waals surface area (Å²) in [5.41, 5.74) is 4.06. The van der Waals surface area contributed by atoms with E-state index < -0.39 is 0 Å². The third-order valence-electron chi connectivity index (χ3n) is 4.41. The molecule has 0 aliphatic heterocycles. The van der Waals surface area contributed by atoms with Gasteiger partial charge >= 0.3 is 0 Å². The number of hydrogen-bond acceptors (Lipinski definition) is 3. The standard InChI is InChI=1S/C17H24N4/c1-20(14-7-4-3-5-8-14)12-11-18-16-9-6-10-17-15(16)13-19-21(17)2/h3-5,7-8,13,16,18H,6,9-12H2,1-2H3. The average molecular weight is 284 g/mol. The topological polar surface area (TPSA) is 33.1 Å². The van der Waals surface area contributed by atoms with E-state index in [1.807, 2.05) is 17.9 Å². The van der Waals surface area contributed by atoms with Crippen LogP contribution in [0.5, 0.6) is 0 Å². The Morgan fingerprint density at radius 2 is 2.14 bits per heavy atom. The molecule has 1 aliphatic carbocycles.